The van der Waals surface area contributed by atoms with Crippen LogP contribution in [0.5, 0.6) is 17.2 Å². The van der Waals surface area contributed by atoms with Crippen LogP contribution in [0.2, 0.25) is 0 Å². The van der Waals surface area contributed by atoms with E-state index in [2.05, 4.69) is 5.32 Å². The first-order valence-corrected chi connectivity index (χ1v) is 6.29. The van der Waals surface area contributed by atoms with Gasteiger partial charge in [-0.15, -0.1) is 0 Å². The highest BCUT2D eigenvalue weighted by Gasteiger charge is 2.26. The zero-order chi connectivity index (χ0) is 12.5. The molecular weight excluding hydrogens is 237 g/mol. The van der Waals surface area contributed by atoms with Crippen molar-refractivity contribution in [2.75, 3.05) is 19.8 Å². The molecule has 3 rings (SSSR count). The number of hydrogen-bond acceptors (Lipinski definition) is 4. The highest BCUT2D eigenvalue weighted by atomic mass is 19.1. The average Bonchev–Trinajstić information content (AvgIpc) is 2.88. The number of rotatable bonds is 2. The van der Waals surface area contributed by atoms with Gasteiger partial charge in [0, 0.05) is 17.7 Å². The summed E-state index contributed by atoms with van der Waals surface area (Å²) in [7, 11) is 0. The largest absolute Gasteiger partial charge is 0.505 e. The van der Waals surface area contributed by atoms with Gasteiger partial charge in [-0.3, -0.25) is 0 Å². The van der Waals surface area contributed by atoms with Crippen molar-refractivity contribution < 1.29 is 19.0 Å². The first-order chi connectivity index (χ1) is 8.75. The molecule has 0 saturated carbocycles. The zero-order valence-electron chi connectivity index (χ0n) is 10.0. The van der Waals surface area contributed by atoms with Crippen LogP contribution in [0.4, 0.5) is 4.39 Å². The number of fused-ring (bicyclic) bond motifs is 1. The van der Waals surface area contributed by atoms with Crippen LogP contribution < -0.4 is 14.8 Å². The van der Waals surface area contributed by atoms with E-state index in [4.69, 9.17) is 9.47 Å². The molecule has 18 heavy (non-hydrogen) atoms. The minimum Gasteiger partial charge on any atom is -0.505 e. The Bertz CT molecular complexity index is 458. The second kappa shape index (κ2) is 4.65. The Morgan fingerprint density at radius 1 is 1.39 bits per heavy atom. The zero-order valence-corrected chi connectivity index (χ0v) is 10.0. The Morgan fingerprint density at radius 2 is 2.22 bits per heavy atom. The molecule has 5 heteroatoms. The molecule has 4 nitrogen and oxygen atoms in total. The summed E-state index contributed by atoms with van der Waals surface area (Å²) >= 11 is 0. The van der Waals surface area contributed by atoms with Crippen molar-refractivity contribution in [2.24, 2.45) is 0 Å². The topological polar surface area (TPSA) is 50.7 Å². The van der Waals surface area contributed by atoms with Crippen LogP contribution in [0.25, 0.3) is 0 Å². The average molecular weight is 253 g/mol. The summed E-state index contributed by atoms with van der Waals surface area (Å²) in [5, 5.41) is 12.9. The Kier molecular flexibility index (Phi) is 2.99. The molecule has 0 aromatic heterocycles. The number of hydrogen-bond donors (Lipinski definition) is 2. The molecule has 0 amide bonds. The van der Waals surface area contributed by atoms with Gasteiger partial charge in [0.25, 0.3) is 0 Å². The third kappa shape index (κ3) is 1.99. The van der Waals surface area contributed by atoms with E-state index in [1.165, 1.54) is 6.07 Å². The van der Waals surface area contributed by atoms with Gasteiger partial charge in [-0.1, -0.05) is 0 Å². The van der Waals surface area contributed by atoms with E-state index < -0.39 is 5.82 Å². The van der Waals surface area contributed by atoms with Crippen molar-refractivity contribution >= 4 is 0 Å². The van der Waals surface area contributed by atoms with E-state index in [1.807, 2.05) is 0 Å². The van der Waals surface area contributed by atoms with Gasteiger partial charge in [-0.05, 0) is 25.8 Å². The Labute approximate surface area is 105 Å². The first kappa shape index (κ1) is 11.6. The van der Waals surface area contributed by atoms with E-state index in [9.17, 15) is 9.50 Å². The minimum atomic E-state index is -0.590. The van der Waals surface area contributed by atoms with Gasteiger partial charge in [0.1, 0.15) is 13.2 Å². The Hall–Kier alpha value is -1.49. The maximum Gasteiger partial charge on any atom is 0.172 e. The number of halogens is 1. The van der Waals surface area contributed by atoms with E-state index >= 15 is 0 Å². The number of benzene rings is 1. The highest BCUT2D eigenvalue weighted by Crippen LogP contribution is 2.40. The van der Waals surface area contributed by atoms with Gasteiger partial charge in [0.15, 0.2) is 23.1 Å². The monoisotopic (exact) mass is 253 g/mol. The van der Waals surface area contributed by atoms with Crippen LogP contribution in [-0.4, -0.2) is 30.9 Å². The molecule has 1 aromatic rings. The maximum atomic E-state index is 14.0. The molecule has 1 aromatic carbocycles. The molecule has 2 aliphatic heterocycles. The lowest BCUT2D eigenvalue weighted by molar-refractivity contribution is 0.167. The lowest BCUT2D eigenvalue weighted by Crippen LogP contribution is -2.25. The van der Waals surface area contributed by atoms with Crippen molar-refractivity contribution in [3.8, 4) is 17.2 Å². The number of phenols is 1. The van der Waals surface area contributed by atoms with Crippen molar-refractivity contribution in [1.82, 2.24) is 5.32 Å². The van der Waals surface area contributed by atoms with Crippen LogP contribution in [-0.2, 0) is 6.42 Å². The van der Waals surface area contributed by atoms with Gasteiger partial charge in [-0.25, -0.2) is 4.39 Å². The number of aromatic hydroxyl groups is 1. The fourth-order valence-corrected chi connectivity index (χ4v) is 2.58. The Morgan fingerprint density at radius 3 is 3.00 bits per heavy atom. The minimum absolute atomic E-state index is 0.246. The molecule has 1 unspecified atom stereocenters. The second-order valence-electron chi connectivity index (χ2n) is 4.71. The molecule has 2 aliphatic rings. The van der Waals surface area contributed by atoms with Crippen molar-refractivity contribution in [3.05, 3.63) is 17.4 Å². The normalized spacial score (nSPS) is 22.2. The van der Waals surface area contributed by atoms with Crippen LogP contribution in [0.3, 0.4) is 0 Å². The van der Waals surface area contributed by atoms with Crippen LogP contribution in [0.1, 0.15) is 18.4 Å². The summed E-state index contributed by atoms with van der Waals surface area (Å²) in [4.78, 5) is 0. The Balaban J connectivity index is 1.97. The lowest BCUT2D eigenvalue weighted by Gasteiger charge is -2.23. The summed E-state index contributed by atoms with van der Waals surface area (Å²) in [6.45, 7) is 1.81. The smallest absolute Gasteiger partial charge is 0.172 e. The fourth-order valence-electron chi connectivity index (χ4n) is 2.58. The fraction of sp³-hybridized carbons (Fsp3) is 0.538. The molecule has 0 bridgehead atoms. The highest BCUT2D eigenvalue weighted by molar-refractivity contribution is 5.53. The number of phenolic OH excluding ortho intramolecular Hbond substituents is 1. The van der Waals surface area contributed by atoms with Gasteiger partial charge >= 0.3 is 0 Å². The van der Waals surface area contributed by atoms with Crippen LogP contribution >= 0.6 is 0 Å². The lowest BCUT2D eigenvalue weighted by atomic mass is 10.0. The van der Waals surface area contributed by atoms with Crippen LogP contribution in [0, 0.1) is 5.82 Å². The van der Waals surface area contributed by atoms with Crippen molar-refractivity contribution in [1.29, 1.82) is 0 Å². The molecule has 2 N–H and O–H groups in total. The van der Waals surface area contributed by atoms with Gasteiger partial charge in [0.05, 0.1) is 0 Å². The summed E-state index contributed by atoms with van der Waals surface area (Å²) < 4.78 is 24.9. The van der Waals surface area contributed by atoms with Gasteiger partial charge in [0.2, 0.25) is 0 Å². The summed E-state index contributed by atoms with van der Waals surface area (Å²) in [6, 6.07) is 1.53. The summed E-state index contributed by atoms with van der Waals surface area (Å²) in [5.74, 6) is -0.0707. The molecular formula is C13H16FNO3. The van der Waals surface area contributed by atoms with E-state index in [1.54, 1.807) is 0 Å². The van der Waals surface area contributed by atoms with E-state index in [0.29, 0.717) is 36.7 Å². The first-order valence-electron chi connectivity index (χ1n) is 6.29. The standard InChI is InChI=1S/C13H16FNO3/c14-12-9(6-8-2-1-3-15-8)13-11(7-10(12)16)17-4-5-18-13/h7-8,15-16H,1-6H2. The molecule has 0 aliphatic carbocycles. The maximum absolute atomic E-state index is 14.0. The molecule has 0 radical (unpaired) electrons. The molecule has 98 valence electrons. The summed E-state index contributed by atoms with van der Waals surface area (Å²) in [5.41, 5.74) is 0.420. The summed E-state index contributed by atoms with van der Waals surface area (Å²) in [6.07, 6.45) is 2.64. The molecule has 1 atom stereocenters. The van der Waals surface area contributed by atoms with E-state index in [0.717, 1.165) is 19.4 Å². The van der Waals surface area contributed by atoms with E-state index in [-0.39, 0.29) is 11.8 Å². The van der Waals surface area contributed by atoms with Gasteiger partial charge < -0.3 is 19.9 Å². The van der Waals surface area contributed by atoms with Crippen molar-refractivity contribution in [3.63, 3.8) is 0 Å². The molecule has 1 saturated heterocycles. The third-order valence-corrected chi connectivity index (χ3v) is 3.46. The molecule has 2 heterocycles. The second-order valence-corrected chi connectivity index (χ2v) is 4.71. The van der Waals surface area contributed by atoms with Crippen molar-refractivity contribution in [2.45, 2.75) is 25.3 Å². The molecule has 1 fully saturated rings. The SMILES string of the molecule is Oc1cc2c(c(CC3CCCN3)c1F)OCCO2. The molecule has 0 spiro atoms. The number of ether oxygens (including phenoxy) is 2. The predicted molar refractivity (Wildman–Crippen MR) is 63.8 cm³/mol. The quantitative estimate of drug-likeness (QED) is 0.840. The van der Waals surface area contributed by atoms with Gasteiger partial charge in [-0.2, -0.15) is 0 Å². The number of nitrogens with one attached hydrogen (secondary N) is 1. The van der Waals surface area contributed by atoms with Crippen LogP contribution in [0.15, 0.2) is 6.07 Å². The predicted octanol–water partition coefficient (Wildman–Crippen LogP) is 1.60. The third-order valence-electron chi connectivity index (χ3n) is 3.46.